The molecule has 1 N–H and O–H groups in total. The van der Waals surface area contributed by atoms with Crippen LogP contribution in [0.5, 0.6) is 5.75 Å². The van der Waals surface area contributed by atoms with Gasteiger partial charge in [0.2, 0.25) is 5.91 Å². The van der Waals surface area contributed by atoms with Crippen molar-refractivity contribution in [1.82, 2.24) is 10.5 Å². The average molecular weight is 278 g/mol. The highest BCUT2D eigenvalue weighted by Crippen LogP contribution is 2.12. The lowest BCUT2D eigenvalue weighted by Gasteiger charge is -2.06. The molecule has 0 fully saturated rings. The Kier molecular flexibility index (Phi) is 5.11. The van der Waals surface area contributed by atoms with Gasteiger partial charge in [-0.3, -0.25) is 4.79 Å². The molecule has 5 nitrogen and oxygen atoms in total. The summed E-state index contributed by atoms with van der Waals surface area (Å²) in [4.78, 5) is 11.5. The first-order valence-electron chi connectivity index (χ1n) is 6.28. The summed E-state index contributed by atoms with van der Waals surface area (Å²) in [7, 11) is 0. The lowest BCUT2D eigenvalue weighted by Crippen LogP contribution is -2.22. The molecule has 0 radical (unpaired) electrons. The number of aromatic nitrogens is 1. The molecule has 0 aliphatic heterocycles. The van der Waals surface area contributed by atoms with Crippen molar-refractivity contribution in [2.75, 3.05) is 6.61 Å². The summed E-state index contributed by atoms with van der Waals surface area (Å²) >= 11 is 0. The zero-order chi connectivity index (χ0) is 14.2. The van der Waals surface area contributed by atoms with Crippen molar-refractivity contribution in [2.24, 2.45) is 0 Å². The second-order valence-corrected chi connectivity index (χ2v) is 4.16. The summed E-state index contributed by atoms with van der Waals surface area (Å²) in [6.45, 7) is 0.683. The summed E-state index contributed by atoms with van der Waals surface area (Å²) in [6, 6.07) is 7.60. The van der Waals surface area contributed by atoms with Crippen LogP contribution >= 0.6 is 0 Å². The van der Waals surface area contributed by atoms with Gasteiger partial charge >= 0.3 is 0 Å². The molecular weight excluding hydrogens is 263 g/mol. The van der Waals surface area contributed by atoms with Crippen LogP contribution in [0, 0.1) is 5.82 Å². The van der Waals surface area contributed by atoms with Crippen LogP contribution in [0.1, 0.15) is 18.6 Å². The smallest absolute Gasteiger partial charge is 0.220 e. The monoisotopic (exact) mass is 278 g/mol. The van der Waals surface area contributed by atoms with E-state index in [4.69, 9.17) is 9.26 Å². The molecule has 1 heterocycles. The molecule has 0 spiro atoms. The maximum atomic E-state index is 12.9. The second-order valence-electron chi connectivity index (χ2n) is 4.16. The van der Waals surface area contributed by atoms with Crippen LogP contribution < -0.4 is 10.1 Å². The lowest BCUT2D eigenvalue weighted by molar-refractivity contribution is -0.121. The number of hydrogen-bond donors (Lipinski definition) is 1. The van der Waals surface area contributed by atoms with Gasteiger partial charge in [0.25, 0.3) is 0 Å². The maximum Gasteiger partial charge on any atom is 0.220 e. The highest BCUT2D eigenvalue weighted by Gasteiger charge is 2.03. The van der Waals surface area contributed by atoms with Gasteiger partial charge in [0.05, 0.1) is 19.3 Å². The first-order valence-corrected chi connectivity index (χ1v) is 6.28. The van der Waals surface area contributed by atoms with Crippen LogP contribution in [0.2, 0.25) is 0 Å². The molecule has 0 saturated carbocycles. The summed E-state index contributed by atoms with van der Waals surface area (Å²) in [5.41, 5.74) is 0. The van der Waals surface area contributed by atoms with Gasteiger partial charge < -0.3 is 14.6 Å². The van der Waals surface area contributed by atoms with E-state index in [1.807, 2.05) is 0 Å². The first kappa shape index (κ1) is 14.0. The number of ether oxygens (including phenoxy) is 1. The molecule has 1 amide bonds. The van der Waals surface area contributed by atoms with Crippen molar-refractivity contribution in [1.29, 1.82) is 0 Å². The molecule has 0 aliphatic rings. The first-order chi connectivity index (χ1) is 9.74. The highest BCUT2D eigenvalue weighted by molar-refractivity contribution is 5.75. The zero-order valence-corrected chi connectivity index (χ0v) is 10.8. The lowest BCUT2D eigenvalue weighted by atomic mass is 10.3. The van der Waals surface area contributed by atoms with Crippen LogP contribution in [0.3, 0.4) is 0 Å². The zero-order valence-electron chi connectivity index (χ0n) is 10.8. The molecule has 0 unspecified atom stereocenters. The number of nitrogens with zero attached hydrogens (tertiary/aromatic N) is 1. The van der Waals surface area contributed by atoms with Crippen molar-refractivity contribution >= 4 is 5.91 Å². The predicted molar refractivity (Wildman–Crippen MR) is 69.5 cm³/mol. The van der Waals surface area contributed by atoms with Crippen LogP contribution in [-0.4, -0.2) is 17.7 Å². The van der Waals surface area contributed by atoms with Crippen molar-refractivity contribution in [3.8, 4) is 5.75 Å². The largest absolute Gasteiger partial charge is 0.493 e. The van der Waals surface area contributed by atoms with E-state index in [1.165, 1.54) is 18.3 Å². The Morgan fingerprint density at radius 3 is 3.05 bits per heavy atom. The Morgan fingerprint density at radius 2 is 2.30 bits per heavy atom. The molecule has 1 aromatic heterocycles. The SMILES string of the molecule is O=C(CCCOc1cccc(F)c1)NCc1ccno1. The Labute approximate surface area is 115 Å². The summed E-state index contributed by atoms with van der Waals surface area (Å²) < 4.78 is 23.1. The third-order valence-electron chi connectivity index (χ3n) is 2.56. The Balaban J connectivity index is 1.59. The Morgan fingerprint density at radius 1 is 1.40 bits per heavy atom. The molecule has 0 bridgehead atoms. The third kappa shape index (κ3) is 4.72. The van der Waals surface area contributed by atoms with Crippen molar-refractivity contribution < 1.29 is 18.4 Å². The quantitative estimate of drug-likeness (QED) is 0.789. The molecular formula is C14H15FN2O3. The van der Waals surface area contributed by atoms with Gasteiger partial charge in [0.1, 0.15) is 11.6 Å². The number of amides is 1. The minimum absolute atomic E-state index is 0.0933. The number of nitrogens with one attached hydrogen (secondary N) is 1. The minimum atomic E-state index is -0.340. The van der Waals surface area contributed by atoms with E-state index in [0.717, 1.165) is 0 Å². The van der Waals surface area contributed by atoms with Crippen LogP contribution in [0.15, 0.2) is 41.1 Å². The van der Waals surface area contributed by atoms with Gasteiger partial charge in [0, 0.05) is 18.6 Å². The number of hydrogen-bond acceptors (Lipinski definition) is 4. The van der Waals surface area contributed by atoms with Gasteiger partial charge in [0.15, 0.2) is 5.76 Å². The molecule has 106 valence electrons. The number of halogens is 1. The van der Waals surface area contributed by atoms with Gasteiger partial charge in [-0.25, -0.2) is 4.39 Å². The van der Waals surface area contributed by atoms with Gasteiger partial charge in [-0.15, -0.1) is 0 Å². The molecule has 20 heavy (non-hydrogen) atoms. The summed E-state index contributed by atoms with van der Waals surface area (Å²) in [5.74, 6) is 0.637. The van der Waals surface area contributed by atoms with E-state index in [1.54, 1.807) is 18.2 Å². The molecule has 1 aromatic carbocycles. The van der Waals surface area contributed by atoms with E-state index < -0.39 is 0 Å². The second kappa shape index (κ2) is 7.28. The molecule has 0 aliphatic carbocycles. The topological polar surface area (TPSA) is 64.4 Å². The standard InChI is InChI=1S/C14H15FN2O3/c15-11-3-1-4-12(9-11)19-8-2-5-14(18)16-10-13-6-7-17-20-13/h1,3-4,6-7,9H,2,5,8,10H2,(H,16,18). The molecule has 6 heteroatoms. The molecule has 2 rings (SSSR count). The van der Waals surface area contributed by atoms with E-state index >= 15 is 0 Å². The summed E-state index contributed by atoms with van der Waals surface area (Å²) in [5, 5.41) is 6.24. The maximum absolute atomic E-state index is 12.9. The van der Waals surface area contributed by atoms with E-state index in [9.17, 15) is 9.18 Å². The number of benzene rings is 1. The predicted octanol–water partition coefficient (Wildman–Crippen LogP) is 2.29. The Bertz CT molecular complexity index is 543. The van der Waals surface area contributed by atoms with Crippen molar-refractivity contribution in [3.05, 3.63) is 48.1 Å². The number of carbonyl (C=O) groups excluding carboxylic acids is 1. The van der Waals surface area contributed by atoms with Gasteiger partial charge in [-0.05, 0) is 18.6 Å². The molecule has 0 atom stereocenters. The van der Waals surface area contributed by atoms with Crippen molar-refractivity contribution in [2.45, 2.75) is 19.4 Å². The average Bonchev–Trinajstić information content (AvgIpc) is 2.95. The number of carbonyl (C=O) groups is 1. The fourth-order valence-electron chi connectivity index (χ4n) is 1.59. The van der Waals surface area contributed by atoms with Crippen LogP contribution in [0.25, 0.3) is 0 Å². The van der Waals surface area contributed by atoms with Gasteiger partial charge in [-0.1, -0.05) is 11.2 Å². The van der Waals surface area contributed by atoms with E-state index in [-0.39, 0.29) is 11.7 Å². The number of rotatable bonds is 7. The molecule has 0 saturated heterocycles. The molecule has 2 aromatic rings. The van der Waals surface area contributed by atoms with Gasteiger partial charge in [-0.2, -0.15) is 0 Å². The normalized spacial score (nSPS) is 10.2. The van der Waals surface area contributed by atoms with Crippen LogP contribution in [0.4, 0.5) is 4.39 Å². The Hall–Kier alpha value is -2.37. The van der Waals surface area contributed by atoms with E-state index in [2.05, 4.69) is 10.5 Å². The fraction of sp³-hybridized carbons (Fsp3) is 0.286. The highest BCUT2D eigenvalue weighted by atomic mass is 19.1. The van der Waals surface area contributed by atoms with E-state index in [0.29, 0.717) is 37.5 Å². The fourth-order valence-corrected chi connectivity index (χ4v) is 1.59. The third-order valence-corrected chi connectivity index (χ3v) is 2.56. The van der Waals surface area contributed by atoms with Crippen molar-refractivity contribution in [3.63, 3.8) is 0 Å². The van der Waals surface area contributed by atoms with Crippen LogP contribution in [-0.2, 0) is 11.3 Å². The summed E-state index contributed by atoms with van der Waals surface area (Å²) in [6.07, 6.45) is 2.41. The minimum Gasteiger partial charge on any atom is -0.493 e.